The maximum Gasteiger partial charge on any atom is 0.108 e. The van der Waals surface area contributed by atoms with Gasteiger partial charge in [0, 0.05) is 19.7 Å². The summed E-state index contributed by atoms with van der Waals surface area (Å²) < 4.78 is 0. The van der Waals surface area contributed by atoms with Crippen LogP contribution in [0.2, 0.25) is 0 Å². The molecule has 2 nitrogen and oxygen atoms in total. The molecule has 0 aliphatic rings. The first kappa shape index (κ1) is 5.35. The minimum absolute atomic E-state index is 0. The largest absolute Gasteiger partial charge is 0.348 e. The first-order chi connectivity index (χ1) is 3.80. The number of nitrogens with one attached hydrogen (secondary N) is 1. The topological polar surface area (TPSA) is 28.7 Å². The summed E-state index contributed by atoms with van der Waals surface area (Å²) in [7, 11) is 0. The third-order valence-electron chi connectivity index (χ3n) is 1.07. The molecule has 0 atom stereocenters. The van der Waals surface area contributed by atoms with Gasteiger partial charge >= 0.3 is 0 Å². The molecule has 0 bridgehead atoms. The fourth-order valence-electron chi connectivity index (χ4n) is 0.593. The number of aromatic nitrogens is 2. The molecule has 0 spiro atoms. The second kappa shape index (κ2) is 1.99. The number of imidazole rings is 1. The van der Waals surface area contributed by atoms with Crippen LogP contribution in [0.3, 0.4) is 0 Å². The van der Waals surface area contributed by atoms with Crippen LogP contribution in [-0.4, -0.2) is 9.97 Å². The van der Waals surface area contributed by atoms with Gasteiger partial charge in [-0.1, -0.05) is 13.8 Å². The zero-order chi connectivity index (χ0) is 5.98. The van der Waals surface area contributed by atoms with Crippen molar-refractivity contribution in [1.29, 1.82) is 0 Å². The zero-order valence-electron chi connectivity index (χ0n) is 5.18. The lowest BCUT2D eigenvalue weighted by Crippen LogP contribution is -1.87. The van der Waals surface area contributed by atoms with Gasteiger partial charge in [-0.15, -0.1) is 0 Å². The van der Waals surface area contributed by atoms with Crippen molar-refractivity contribution in [2.45, 2.75) is 19.8 Å². The van der Waals surface area contributed by atoms with Crippen molar-refractivity contribution < 1.29 is 1.43 Å². The first-order valence-corrected chi connectivity index (χ1v) is 2.80. The van der Waals surface area contributed by atoms with Gasteiger partial charge in [-0.25, -0.2) is 4.98 Å². The Bertz CT molecular complexity index is 146. The lowest BCUT2D eigenvalue weighted by atomic mass is 10.2. The Morgan fingerprint density at radius 3 is 2.75 bits per heavy atom. The van der Waals surface area contributed by atoms with Crippen LogP contribution in [0.4, 0.5) is 0 Å². The van der Waals surface area contributed by atoms with Gasteiger partial charge in [0.05, 0.1) is 0 Å². The number of hydrogen-bond acceptors (Lipinski definition) is 1. The molecule has 2 heteroatoms. The normalized spacial score (nSPS) is 10.4. The van der Waals surface area contributed by atoms with Crippen LogP contribution in [-0.2, 0) is 0 Å². The van der Waals surface area contributed by atoms with Gasteiger partial charge in [0.15, 0.2) is 0 Å². The minimum atomic E-state index is 0. The third kappa shape index (κ3) is 0.886. The van der Waals surface area contributed by atoms with Gasteiger partial charge in [0.2, 0.25) is 0 Å². The molecule has 0 aliphatic carbocycles. The van der Waals surface area contributed by atoms with Crippen LogP contribution in [0.5, 0.6) is 0 Å². The molecule has 0 amide bonds. The second-order valence-electron chi connectivity index (χ2n) is 2.13. The number of rotatable bonds is 1. The Kier molecular flexibility index (Phi) is 1.33. The van der Waals surface area contributed by atoms with Crippen LogP contribution in [0.1, 0.15) is 27.0 Å². The van der Waals surface area contributed by atoms with Gasteiger partial charge in [-0.3, -0.25) is 0 Å². The zero-order valence-corrected chi connectivity index (χ0v) is 5.18. The molecule has 0 aromatic carbocycles. The molecular weight excluding hydrogens is 100 g/mol. The summed E-state index contributed by atoms with van der Waals surface area (Å²) in [6, 6.07) is 0. The molecule has 46 valence electrons. The Labute approximate surface area is 50.4 Å². The predicted molar refractivity (Wildman–Crippen MR) is 34.8 cm³/mol. The number of H-pyrrole nitrogens is 1. The fraction of sp³-hybridized carbons (Fsp3) is 0.500. The maximum atomic E-state index is 4.06. The maximum absolute atomic E-state index is 4.06. The molecular formula is C6H12N2. The molecule has 1 heterocycles. The molecule has 0 fully saturated rings. The highest BCUT2D eigenvalue weighted by Gasteiger charge is 1.96. The van der Waals surface area contributed by atoms with E-state index in [1.54, 1.807) is 6.20 Å². The highest BCUT2D eigenvalue weighted by atomic mass is 14.9. The Hall–Kier alpha value is -0.790. The SMILES string of the molecule is CC(C)c1ncc[nH]1.[HH]. The van der Waals surface area contributed by atoms with E-state index < -0.39 is 0 Å². The standard InChI is InChI=1S/C6H10N2.H2/c1-5(2)6-7-3-4-8-6;/h3-5H,1-2H3,(H,7,8);1H. The molecule has 8 heavy (non-hydrogen) atoms. The monoisotopic (exact) mass is 112 g/mol. The summed E-state index contributed by atoms with van der Waals surface area (Å²) in [5.41, 5.74) is 0. The quantitative estimate of drug-likeness (QED) is 0.589. The molecule has 0 radical (unpaired) electrons. The van der Waals surface area contributed by atoms with E-state index in [0.717, 1.165) is 5.82 Å². The Morgan fingerprint density at radius 2 is 2.50 bits per heavy atom. The smallest absolute Gasteiger partial charge is 0.108 e. The van der Waals surface area contributed by atoms with Crippen molar-refractivity contribution in [3.63, 3.8) is 0 Å². The molecule has 0 unspecified atom stereocenters. The van der Waals surface area contributed by atoms with E-state index >= 15 is 0 Å². The second-order valence-corrected chi connectivity index (χ2v) is 2.13. The van der Waals surface area contributed by atoms with E-state index in [9.17, 15) is 0 Å². The minimum Gasteiger partial charge on any atom is -0.348 e. The van der Waals surface area contributed by atoms with E-state index in [0.29, 0.717) is 5.92 Å². The molecule has 0 saturated carbocycles. The first-order valence-electron chi connectivity index (χ1n) is 2.80. The van der Waals surface area contributed by atoms with Crippen molar-refractivity contribution in [3.05, 3.63) is 18.2 Å². The van der Waals surface area contributed by atoms with E-state index in [4.69, 9.17) is 0 Å². The van der Waals surface area contributed by atoms with Crippen molar-refractivity contribution in [2.24, 2.45) is 0 Å². The lowest BCUT2D eigenvalue weighted by Gasteiger charge is -1.95. The molecule has 1 N–H and O–H groups in total. The summed E-state index contributed by atoms with van der Waals surface area (Å²) in [5, 5.41) is 0. The van der Waals surface area contributed by atoms with Crippen molar-refractivity contribution >= 4 is 0 Å². The van der Waals surface area contributed by atoms with Crippen molar-refractivity contribution in [2.75, 3.05) is 0 Å². The average Bonchev–Trinajstić information content (AvgIpc) is 2.12. The Morgan fingerprint density at radius 1 is 1.75 bits per heavy atom. The van der Waals surface area contributed by atoms with Crippen LogP contribution < -0.4 is 0 Å². The fourth-order valence-corrected chi connectivity index (χ4v) is 0.593. The summed E-state index contributed by atoms with van der Waals surface area (Å²) >= 11 is 0. The van der Waals surface area contributed by atoms with E-state index in [-0.39, 0.29) is 1.43 Å². The average molecular weight is 112 g/mol. The van der Waals surface area contributed by atoms with Gasteiger partial charge in [0.1, 0.15) is 5.82 Å². The van der Waals surface area contributed by atoms with Crippen LogP contribution >= 0.6 is 0 Å². The summed E-state index contributed by atoms with van der Waals surface area (Å²) in [6.45, 7) is 4.22. The molecule has 0 aliphatic heterocycles. The molecule has 1 rings (SSSR count). The number of nitrogens with zero attached hydrogens (tertiary/aromatic N) is 1. The van der Waals surface area contributed by atoms with Gasteiger partial charge < -0.3 is 4.98 Å². The number of hydrogen-bond donors (Lipinski definition) is 1. The third-order valence-corrected chi connectivity index (χ3v) is 1.07. The van der Waals surface area contributed by atoms with E-state index in [1.807, 2.05) is 6.20 Å². The lowest BCUT2D eigenvalue weighted by molar-refractivity contribution is 0.794. The Balaban J connectivity index is 0.000000640. The van der Waals surface area contributed by atoms with E-state index in [1.165, 1.54) is 0 Å². The predicted octanol–water partition coefficient (Wildman–Crippen LogP) is 1.78. The van der Waals surface area contributed by atoms with Gasteiger partial charge in [0.25, 0.3) is 0 Å². The molecule has 1 aromatic heterocycles. The molecule has 0 saturated heterocycles. The highest BCUT2D eigenvalue weighted by Crippen LogP contribution is 2.05. The summed E-state index contributed by atoms with van der Waals surface area (Å²) in [4.78, 5) is 7.09. The van der Waals surface area contributed by atoms with Gasteiger partial charge in [-0.05, 0) is 0 Å². The molecule has 1 aromatic rings. The van der Waals surface area contributed by atoms with Crippen LogP contribution in [0.15, 0.2) is 12.4 Å². The van der Waals surface area contributed by atoms with E-state index in [2.05, 4.69) is 23.8 Å². The number of aromatic amines is 1. The highest BCUT2D eigenvalue weighted by molar-refractivity contribution is 4.91. The van der Waals surface area contributed by atoms with Crippen LogP contribution in [0.25, 0.3) is 0 Å². The summed E-state index contributed by atoms with van der Waals surface area (Å²) in [5.74, 6) is 1.58. The van der Waals surface area contributed by atoms with Crippen molar-refractivity contribution in [1.82, 2.24) is 9.97 Å². The summed E-state index contributed by atoms with van der Waals surface area (Å²) in [6.07, 6.45) is 3.62. The van der Waals surface area contributed by atoms with Crippen LogP contribution in [0, 0.1) is 0 Å². The van der Waals surface area contributed by atoms with Crippen molar-refractivity contribution in [3.8, 4) is 0 Å². The van der Waals surface area contributed by atoms with Gasteiger partial charge in [-0.2, -0.15) is 0 Å².